The lowest BCUT2D eigenvalue weighted by atomic mass is 10.0. The van der Waals surface area contributed by atoms with Crippen molar-refractivity contribution in [2.45, 2.75) is 32.0 Å². The second-order valence-electron chi connectivity index (χ2n) is 7.16. The molecule has 5 nitrogen and oxygen atoms in total. The zero-order chi connectivity index (χ0) is 20.6. The maximum absolute atomic E-state index is 12.9. The lowest BCUT2D eigenvalue weighted by Gasteiger charge is -2.18. The maximum atomic E-state index is 12.9. The summed E-state index contributed by atoms with van der Waals surface area (Å²) in [6.07, 6.45) is -0.153. The summed E-state index contributed by atoms with van der Waals surface area (Å²) in [4.78, 5) is 16.7. The molecule has 8 heteroatoms. The molecule has 150 valence electrons. The van der Waals surface area contributed by atoms with Gasteiger partial charge in [-0.2, -0.15) is 18.3 Å². The highest BCUT2D eigenvalue weighted by atomic mass is 19.4. The van der Waals surface area contributed by atoms with E-state index in [1.54, 1.807) is 6.92 Å². The fourth-order valence-electron chi connectivity index (χ4n) is 3.32. The van der Waals surface area contributed by atoms with Gasteiger partial charge < -0.3 is 5.32 Å². The topological polar surface area (TPSA) is 59.8 Å². The minimum absolute atomic E-state index is 0.0735. The molecule has 1 amide bonds. The fraction of sp³-hybridized carbons (Fsp3) is 0.286. The molecule has 1 aromatic carbocycles. The van der Waals surface area contributed by atoms with Crippen LogP contribution in [0.2, 0.25) is 0 Å². The Kier molecular flexibility index (Phi) is 4.86. The lowest BCUT2D eigenvalue weighted by molar-refractivity contribution is -0.137. The minimum Gasteiger partial charge on any atom is -0.345 e. The predicted octanol–water partition coefficient (Wildman–Crippen LogP) is 4.48. The monoisotopic (exact) mass is 400 g/mol. The van der Waals surface area contributed by atoms with Crippen LogP contribution < -0.4 is 5.32 Å². The number of pyridine rings is 1. The third kappa shape index (κ3) is 4.01. The average Bonchev–Trinajstić information content (AvgIpc) is 3.47. The Balaban J connectivity index is 1.55. The summed E-state index contributed by atoms with van der Waals surface area (Å²) in [6, 6.07) is 11.9. The van der Waals surface area contributed by atoms with Crippen LogP contribution in [0.15, 0.2) is 54.9 Å². The summed E-state index contributed by atoms with van der Waals surface area (Å²) in [5.41, 5.74) is 1.10. The van der Waals surface area contributed by atoms with Gasteiger partial charge in [0, 0.05) is 6.20 Å². The van der Waals surface area contributed by atoms with Crippen LogP contribution in [0.1, 0.15) is 46.1 Å². The Hall–Kier alpha value is -3.16. The van der Waals surface area contributed by atoms with Crippen molar-refractivity contribution in [1.29, 1.82) is 0 Å². The molecule has 2 heterocycles. The van der Waals surface area contributed by atoms with E-state index in [1.165, 1.54) is 16.9 Å². The second kappa shape index (κ2) is 7.35. The van der Waals surface area contributed by atoms with Crippen LogP contribution in [-0.2, 0) is 6.18 Å². The average molecular weight is 400 g/mol. The molecule has 1 N–H and O–H groups in total. The summed E-state index contributed by atoms with van der Waals surface area (Å²) in [5.74, 6) is 0.367. The maximum Gasteiger partial charge on any atom is 0.417 e. The Morgan fingerprint density at radius 2 is 1.86 bits per heavy atom. The fourth-order valence-corrected chi connectivity index (χ4v) is 3.32. The largest absolute Gasteiger partial charge is 0.417 e. The van der Waals surface area contributed by atoms with Crippen molar-refractivity contribution in [3.8, 4) is 5.82 Å². The van der Waals surface area contributed by atoms with E-state index in [2.05, 4.69) is 15.4 Å². The molecule has 1 aliphatic carbocycles. The van der Waals surface area contributed by atoms with E-state index in [9.17, 15) is 18.0 Å². The van der Waals surface area contributed by atoms with Crippen LogP contribution in [-0.4, -0.2) is 20.7 Å². The first-order chi connectivity index (χ1) is 13.8. The molecule has 29 heavy (non-hydrogen) atoms. The van der Waals surface area contributed by atoms with E-state index >= 15 is 0 Å². The first-order valence-electron chi connectivity index (χ1n) is 9.28. The summed E-state index contributed by atoms with van der Waals surface area (Å²) < 4.78 is 39.5. The van der Waals surface area contributed by atoms with Crippen molar-refractivity contribution < 1.29 is 18.0 Å². The number of benzene rings is 1. The number of carbonyl (C=O) groups is 1. The van der Waals surface area contributed by atoms with Gasteiger partial charge in [-0.25, -0.2) is 9.67 Å². The zero-order valence-electron chi connectivity index (χ0n) is 15.6. The van der Waals surface area contributed by atoms with Gasteiger partial charge in [0.05, 0.1) is 29.1 Å². The zero-order valence-corrected chi connectivity index (χ0v) is 15.6. The van der Waals surface area contributed by atoms with Gasteiger partial charge in [-0.1, -0.05) is 30.3 Å². The van der Waals surface area contributed by atoms with Crippen molar-refractivity contribution >= 4 is 5.91 Å². The number of hydrogen-bond acceptors (Lipinski definition) is 3. The van der Waals surface area contributed by atoms with E-state index in [4.69, 9.17) is 0 Å². The molecule has 0 aliphatic heterocycles. The van der Waals surface area contributed by atoms with Gasteiger partial charge >= 0.3 is 6.18 Å². The highest BCUT2D eigenvalue weighted by Crippen LogP contribution is 2.41. The number of halogens is 3. The van der Waals surface area contributed by atoms with Crippen molar-refractivity contribution in [2.24, 2.45) is 5.92 Å². The van der Waals surface area contributed by atoms with Gasteiger partial charge in [0.2, 0.25) is 0 Å². The number of nitrogens with one attached hydrogen (secondary N) is 1. The quantitative estimate of drug-likeness (QED) is 0.687. The third-order valence-electron chi connectivity index (χ3n) is 5.09. The molecule has 1 fully saturated rings. The molecule has 0 saturated heterocycles. The number of aromatic nitrogens is 3. The van der Waals surface area contributed by atoms with Gasteiger partial charge in [0.25, 0.3) is 5.91 Å². The SMILES string of the molecule is Cc1c(C(=O)NC(c2ccccc2)C2CC2)cnn1-c1ccc(C(F)(F)F)cn1. The molecule has 0 bridgehead atoms. The molecular formula is C21H19F3N4O. The molecule has 1 unspecified atom stereocenters. The summed E-state index contributed by atoms with van der Waals surface area (Å²) in [5, 5.41) is 7.24. The number of carbonyl (C=O) groups excluding carboxylic acids is 1. The van der Waals surface area contributed by atoms with Gasteiger partial charge in [-0.3, -0.25) is 4.79 Å². The van der Waals surface area contributed by atoms with E-state index < -0.39 is 11.7 Å². The lowest BCUT2D eigenvalue weighted by Crippen LogP contribution is -2.30. The smallest absolute Gasteiger partial charge is 0.345 e. The van der Waals surface area contributed by atoms with Crippen LogP contribution in [0, 0.1) is 12.8 Å². The molecule has 4 rings (SSSR count). The molecule has 0 spiro atoms. The second-order valence-corrected chi connectivity index (χ2v) is 7.16. The predicted molar refractivity (Wildman–Crippen MR) is 100 cm³/mol. The molecule has 0 radical (unpaired) electrons. The van der Waals surface area contributed by atoms with Gasteiger partial charge in [-0.15, -0.1) is 0 Å². The first kappa shape index (κ1) is 19.2. The van der Waals surface area contributed by atoms with Crippen LogP contribution in [0.25, 0.3) is 5.82 Å². The van der Waals surface area contributed by atoms with Crippen LogP contribution in [0.5, 0.6) is 0 Å². The number of nitrogens with zero attached hydrogens (tertiary/aromatic N) is 3. The summed E-state index contributed by atoms with van der Waals surface area (Å²) in [6.45, 7) is 1.69. The summed E-state index contributed by atoms with van der Waals surface area (Å²) >= 11 is 0. The van der Waals surface area contributed by atoms with E-state index in [-0.39, 0.29) is 17.8 Å². The normalized spacial score (nSPS) is 15.2. The van der Waals surface area contributed by atoms with Gasteiger partial charge in [-0.05, 0) is 43.4 Å². The Morgan fingerprint density at radius 3 is 2.45 bits per heavy atom. The van der Waals surface area contributed by atoms with Gasteiger partial charge in [0.15, 0.2) is 5.82 Å². The van der Waals surface area contributed by atoms with Crippen LogP contribution in [0.3, 0.4) is 0 Å². The van der Waals surface area contributed by atoms with Crippen molar-refractivity contribution in [3.05, 3.63) is 77.2 Å². The highest BCUT2D eigenvalue weighted by Gasteiger charge is 2.34. The van der Waals surface area contributed by atoms with Crippen molar-refractivity contribution in [3.63, 3.8) is 0 Å². The number of alkyl halides is 3. The molecule has 2 aromatic heterocycles. The standard InChI is InChI=1S/C21H19F3N4O/c1-13-17(12-26-28(13)18-10-9-16(11-25-18)21(22,23)24)20(29)27-19(15-7-8-15)14-5-3-2-4-6-14/h2-6,9-12,15,19H,7-8H2,1H3,(H,27,29). The molecular weight excluding hydrogens is 381 g/mol. The summed E-state index contributed by atoms with van der Waals surface area (Å²) in [7, 11) is 0. The van der Waals surface area contributed by atoms with Gasteiger partial charge in [0.1, 0.15) is 0 Å². The number of rotatable bonds is 5. The third-order valence-corrected chi connectivity index (χ3v) is 5.09. The van der Waals surface area contributed by atoms with Crippen LogP contribution >= 0.6 is 0 Å². The van der Waals surface area contributed by atoms with Crippen molar-refractivity contribution in [1.82, 2.24) is 20.1 Å². The molecule has 1 aliphatic rings. The molecule has 3 aromatic rings. The van der Waals surface area contributed by atoms with Crippen LogP contribution in [0.4, 0.5) is 13.2 Å². The van der Waals surface area contributed by atoms with E-state index in [1.807, 2.05) is 30.3 Å². The first-order valence-corrected chi connectivity index (χ1v) is 9.28. The Morgan fingerprint density at radius 1 is 1.14 bits per heavy atom. The van der Waals surface area contributed by atoms with Crippen molar-refractivity contribution in [2.75, 3.05) is 0 Å². The number of hydrogen-bond donors (Lipinski definition) is 1. The Bertz CT molecular complexity index is 1010. The van der Waals surface area contributed by atoms with E-state index in [0.717, 1.165) is 30.7 Å². The Labute approximate surface area is 165 Å². The van der Waals surface area contributed by atoms with E-state index in [0.29, 0.717) is 17.2 Å². The molecule has 1 atom stereocenters. The highest BCUT2D eigenvalue weighted by molar-refractivity contribution is 5.95. The number of amides is 1. The molecule has 1 saturated carbocycles. The minimum atomic E-state index is -4.45.